The number of hydrogen-bond acceptors (Lipinski definition) is 6. The van der Waals surface area contributed by atoms with Gasteiger partial charge in [-0.2, -0.15) is 0 Å². The van der Waals surface area contributed by atoms with E-state index in [1.54, 1.807) is 10.9 Å². The molecule has 3 rings (SSSR count). The van der Waals surface area contributed by atoms with Crippen LogP contribution in [0.2, 0.25) is 0 Å². The highest BCUT2D eigenvalue weighted by Gasteiger charge is 2.15. The van der Waals surface area contributed by atoms with E-state index in [1.165, 1.54) is 25.3 Å². The number of carbonyl (C=O) groups excluding carboxylic acids is 2. The van der Waals surface area contributed by atoms with Crippen LogP contribution >= 0.6 is 0 Å². The Bertz CT molecular complexity index is 1030. The summed E-state index contributed by atoms with van der Waals surface area (Å²) in [6, 6.07) is 13.3. The van der Waals surface area contributed by atoms with Crippen molar-refractivity contribution in [2.24, 2.45) is 0 Å². The number of halogens is 1. The third-order valence-corrected chi connectivity index (χ3v) is 3.94. The molecule has 0 aliphatic heterocycles. The van der Waals surface area contributed by atoms with E-state index < -0.39 is 24.2 Å². The van der Waals surface area contributed by atoms with Gasteiger partial charge in [0.2, 0.25) is 5.78 Å². The molecule has 7 nitrogen and oxygen atoms in total. The van der Waals surface area contributed by atoms with Crippen LogP contribution in [0.3, 0.4) is 0 Å². The largest absolute Gasteiger partial charge is 0.496 e. The fourth-order valence-electron chi connectivity index (χ4n) is 2.55. The van der Waals surface area contributed by atoms with Crippen molar-refractivity contribution in [3.8, 4) is 5.75 Å². The number of ketones is 1. The predicted octanol–water partition coefficient (Wildman–Crippen LogP) is 2.91. The van der Waals surface area contributed by atoms with Gasteiger partial charge in [0.1, 0.15) is 17.3 Å². The van der Waals surface area contributed by atoms with Gasteiger partial charge in [0.15, 0.2) is 6.61 Å². The Morgan fingerprint density at radius 2 is 1.97 bits per heavy atom. The third-order valence-electron chi connectivity index (χ3n) is 3.94. The van der Waals surface area contributed by atoms with Crippen molar-refractivity contribution in [3.63, 3.8) is 0 Å². The smallest absolute Gasteiger partial charge is 0.331 e. The number of esters is 1. The van der Waals surface area contributed by atoms with Gasteiger partial charge >= 0.3 is 5.97 Å². The van der Waals surface area contributed by atoms with Gasteiger partial charge in [0.05, 0.1) is 25.4 Å². The van der Waals surface area contributed by atoms with Crippen LogP contribution in [0.5, 0.6) is 5.75 Å². The van der Waals surface area contributed by atoms with Gasteiger partial charge in [-0.25, -0.2) is 13.9 Å². The monoisotopic (exact) mass is 395 g/mol. The molecule has 0 aliphatic carbocycles. The molecule has 0 N–H and O–H groups in total. The Labute approximate surface area is 166 Å². The van der Waals surface area contributed by atoms with E-state index in [9.17, 15) is 14.0 Å². The highest BCUT2D eigenvalue weighted by atomic mass is 19.1. The van der Waals surface area contributed by atoms with Gasteiger partial charge in [-0.3, -0.25) is 4.79 Å². The van der Waals surface area contributed by atoms with Gasteiger partial charge in [0.25, 0.3) is 0 Å². The number of aromatic nitrogens is 3. The number of ether oxygens (including phenoxy) is 2. The first-order valence-corrected chi connectivity index (χ1v) is 8.71. The van der Waals surface area contributed by atoms with Gasteiger partial charge < -0.3 is 9.47 Å². The zero-order chi connectivity index (χ0) is 20.6. The van der Waals surface area contributed by atoms with E-state index in [0.717, 1.165) is 17.7 Å². The number of carbonyl (C=O) groups is 2. The van der Waals surface area contributed by atoms with Crippen molar-refractivity contribution in [1.82, 2.24) is 15.0 Å². The maximum Gasteiger partial charge on any atom is 0.331 e. The molecule has 2 aromatic carbocycles. The number of rotatable bonds is 8. The lowest BCUT2D eigenvalue weighted by Crippen LogP contribution is -2.13. The molecule has 3 aromatic rings. The second kappa shape index (κ2) is 9.41. The molecule has 1 aromatic heterocycles. The number of methoxy groups -OCH3 is 1. The molecule has 0 saturated heterocycles. The molecule has 8 heteroatoms. The summed E-state index contributed by atoms with van der Waals surface area (Å²) in [5.74, 6) is -1.68. The van der Waals surface area contributed by atoms with Crippen LogP contribution in [-0.4, -0.2) is 40.5 Å². The van der Waals surface area contributed by atoms with Crippen molar-refractivity contribution < 1.29 is 23.5 Å². The van der Waals surface area contributed by atoms with Crippen LogP contribution in [0.15, 0.2) is 60.8 Å². The van der Waals surface area contributed by atoms with Gasteiger partial charge in [-0.1, -0.05) is 35.5 Å². The summed E-state index contributed by atoms with van der Waals surface area (Å²) >= 11 is 0. The first-order chi connectivity index (χ1) is 14.0. The van der Waals surface area contributed by atoms with Crippen LogP contribution in [0.4, 0.5) is 4.39 Å². The van der Waals surface area contributed by atoms with E-state index in [2.05, 4.69) is 10.3 Å². The van der Waals surface area contributed by atoms with Crippen LogP contribution in [0.25, 0.3) is 6.08 Å². The first kappa shape index (κ1) is 19.9. The molecule has 0 amide bonds. The van der Waals surface area contributed by atoms with E-state index >= 15 is 0 Å². The summed E-state index contributed by atoms with van der Waals surface area (Å²) in [6.45, 7) is 0.0137. The summed E-state index contributed by atoms with van der Waals surface area (Å²) in [6.07, 6.45) is 4.26. The Hall–Kier alpha value is -3.81. The minimum absolute atomic E-state index is 0.00753. The van der Waals surface area contributed by atoms with E-state index in [4.69, 9.17) is 9.47 Å². The summed E-state index contributed by atoms with van der Waals surface area (Å²) in [5.41, 5.74) is 1.54. The van der Waals surface area contributed by atoms with Gasteiger partial charge in [-0.05, 0) is 29.8 Å². The van der Waals surface area contributed by atoms with Crippen molar-refractivity contribution in [2.75, 3.05) is 13.7 Å². The molecule has 0 bridgehead atoms. The highest BCUT2D eigenvalue weighted by molar-refractivity contribution is 6.01. The Morgan fingerprint density at radius 1 is 1.17 bits per heavy atom. The average molecular weight is 395 g/mol. The zero-order valence-electron chi connectivity index (χ0n) is 15.6. The lowest BCUT2D eigenvalue weighted by atomic mass is 10.1. The molecule has 0 saturated carbocycles. The minimum Gasteiger partial charge on any atom is -0.496 e. The average Bonchev–Trinajstić information content (AvgIpc) is 3.18. The standard InChI is InChI=1S/C21H18FN3O4/c1-28-20-9-7-16(22)11-18(20)19(26)14-29-21(27)10-8-17-13-25(24-23-17)12-15-5-3-2-4-6-15/h2-11,13H,12,14H2,1H3/b10-8+. The van der Waals surface area contributed by atoms with Crippen LogP contribution < -0.4 is 4.74 Å². The Kier molecular flexibility index (Phi) is 6.47. The lowest BCUT2D eigenvalue weighted by molar-refractivity contribution is -0.136. The molecule has 0 unspecified atom stereocenters. The van der Waals surface area contributed by atoms with Crippen LogP contribution in [0, 0.1) is 5.82 Å². The number of hydrogen-bond donors (Lipinski definition) is 0. The van der Waals surface area contributed by atoms with E-state index in [1.807, 2.05) is 30.3 Å². The van der Waals surface area contributed by atoms with E-state index in [-0.39, 0.29) is 11.3 Å². The van der Waals surface area contributed by atoms with Gasteiger partial charge in [-0.15, -0.1) is 5.10 Å². The number of benzene rings is 2. The molecule has 0 spiro atoms. The quantitative estimate of drug-likeness (QED) is 0.331. The highest BCUT2D eigenvalue weighted by Crippen LogP contribution is 2.20. The van der Waals surface area contributed by atoms with Gasteiger partial charge in [0, 0.05) is 6.08 Å². The molecule has 0 aliphatic rings. The summed E-state index contributed by atoms with van der Waals surface area (Å²) in [4.78, 5) is 24.0. The SMILES string of the molecule is COc1ccc(F)cc1C(=O)COC(=O)/C=C/c1cn(Cc2ccccc2)nn1. The molecule has 0 radical (unpaired) electrons. The second-order valence-corrected chi connectivity index (χ2v) is 6.04. The summed E-state index contributed by atoms with van der Waals surface area (Å²) in [5, 5.41) is 7.94. The fraction of sp³-hybridized carbons (Fsp3) is 0.143. The topological polar surface area (TPSA) is 83.3 Å². The molecule has 148 valence electrons. The normalized spacial score (nSPS) is 10.8. The number of Topliss-reactive ketones (excluding diaryl/α,β-unsaturated/α-hetero) is 1. The van der Waals surface area contributed by atoms with Crippen LogP contribution in [-0.2, 0) is 16.1 Å². The molecular weight excluding hydrogens is 377 g/mol. The molecular formula is C21H18FN3O4. The minimum atomic E-state index is -0.730. The first-order valence-electron chi connectivity index (χ1n) is 8.71. The summed E-state index contributed by atoms with van der Waals surface area (Å²) < 4.78 is 24.9. The molecule has 29 heavy (non-hydrogen) atoms. The lowest BCUT2D eigenvalue weighted by Gasteiger charge is -2.07. The summed E-state index contributed by atoms with van der Waals surface area (Å²) in [7, 11) is 1.36. The van der Waals surface area contributed by atoms with Crippen molar-refractivity contribution >= 4 is 17.8 Å². The zero-order valence-corrected chi connectivity index (χ0v) is 15.6. The Morgan fingerprint density at radius 3 is 2.72 bits per heavy atom. The van der Waals surface area contributed by atoms with Crippen molar-refractivity contribution in [1.29, 1.82) is 0 Å². The predicted molar refractivity (Wildman–Crippen MR) is 103 cm³/mol. The van der Waals surface area contributed by atoms with E-state index in [0.29, 0.717) is 12.2 Å². The maximum absolute atomic E-state index is 13.3. The Balaban J connectivity index is 1.54. The van der Waals surface area contributed by atoms with Crippen LogP contribution in [0.1, 0.15) is 21.6 Å². The molecule has 0 atom stereocenters. The third kappa shape index (κ3) is 5.58. The maximum atomic E-state index is 13.3. The molecule has 1 heterocycles. The van der Waals surface area contributed by atoms with Crippen molar-refractivity contribution in [2.45, 2.75) is 6.54 Å². The number of nitrogens with zero attached hydrogens (tertiary/aromatic N) is 3. The van der Waals surface area contributed by atoms with Crippen molar-refractivity contribution in [3.05, 3.63) is 83.4 Å². The molecule has 0 fully saturated rings. The fourth-order valence-corrected chi connectivity index (χ4v) is 2.55. The second-order valence-electron chi connectivity index (χ2n) is 6.04.